The Morgan fingerprint density at radius 2 is 0.373 bits per heavy atom. The van der Waals surface area contributed by atoms with Crippen LogP contribution >= 0.6 is 0 Å². The number of fused-ring (bicyclic) bond motifs is 14. The summed E-state index contributed by atoms with van der Waals surface area (Å²) >= 11 is 0. The van der Waals surface area contributed by atoms with E-state index in [0.717, 1.165) is 43.1 Å². The van der Waals surface area contributed by atoms with Crippen molar-refractivity contribution in [3.8, 4) is 34.5 Å². The highest BCUT2D eigenvalue weighted by Gasteiger charge is 2.37. The normalized spacial score (nSPS) is 12.2. The van der Waals surface area contributed by atoms with Crippen LogP contribution in [0.5, 0.6) is 34.5 Å². The van der Waals surface area contributed by atoms with Crippen LogP contribution in [0.2, 0.25) is 0 Å². The molecule has 11 rings (SSSR count). The second-order valence-corrected chi connectivity index (χ2v) is 26.7. The lowest BCUT2D eigenvalue weighted by atomic mass is 9.99. The molecule has 0 N–H and O–H groups in total. The number of anilines is 4. The monoisotopic (exact) mass is 1640 g/mol. The Labute approximate surface area is 689 Å². The van der Waals surface area contributed by atoms with Gasteiger partial charge in [0, 0.05) is 64.2 Å². The maximum absolute atomic E-state index is 6.81. The van der Waals surface area contributed by atoms with E-state index in [1.54, 1.807) is 42.7 Å². The molecule has 118 heavy (non-hydrogen) atoms. The summed E-state index contributed by atoms with van der Waals surface area (Å²) in [7, 11) is 9.82. The number of nitrogens with zero attached hydrogens (tertiary/aromatic N) is 6. The van der Waals surface area contributed by atoms with Crippen LogP contribution in [0.3, 0.4) is 0 Å². The van der Waals surface area contributed by atoms with Crippen molar-refractivity contribution >= 4 is 88.4 Å². The summed E-state index contributed by atoms with van der Waals surface area (Å²) in [4.78, 5) is 27.9. The third kappa shape index (κ3) is 26.6. The highest BCUT2D eigenvalue weighted by molar-refractivity contribution is 6.25. The number of rotatable bonds is 64. The zero-order chi connectivity index (χ0) is 81.8. The molecule has 8 aromatic carbocycles. The van der Waals surface area contributed by atoms with Crippen molar-refractivity contribution in [2.75, 3.05) is 290 Å². The van der Waals surface area contributed by atoms with Crippen LogP contribution in [-0.4, -0.2) is 300 Å². The fourth-order valence-corrected chi connectivity index (χ4v) is 13.1. The summed E-state index contributed by atoms with van der Waals surface area (Å²) in [5, 5.41) is 7.65. The molecule has 0 atom stereocenters. The SMILES string of the molecule is COCCOCCOCCOc1cc(CN2c3nc4c5ccccc5c5ccccc5c4nc3N(Cc3cc(OCCOCCOCCOC)c(OCCOCCOCCOC)c(OCCOCCOCCOC)c3)c3nc4c5ccccc5c5ccccc5c4nc32)cc(OCCOCCOCCOC)c1OCCOCCOCCOC. The lowest BCUT2D eigenvalue weighted by molar-refractivity contribution is 0.0146. The van der Waals surface area contributed by atoms with Gasteiger partial charge in [0.1, 0.15) is 39.6 Å². The first-order valence-corrected chi connectivity index (χ1v) is 40.2. The Kier molecular flexibility index (Phi) is 39.3. The quantitative estimate of drug-likeness (QED) is 0.0253. The predicted octanol–water partition coefficient (Wildman–Crippen LogP) is 11.5. The van der Waals surface area contributed by atoms with Crippen LogP contribution in [0, 0.1) is 0 Å². The van der Waals surface area contributed by atoms with E-state index in [1.807, 2.05) is 72.8 Å². The molecule has 0 bridgehead atoms. The topological polar surface area (TPSA) is 280 Å². The Morgan fingerprint density at radius 1 is 0.203 bits per heavy atom. The molecule has 0 radical (unpaired) electrons. The van der Waals surface area contributed by atoms with Gasteiger partial charge in [-0.1, -0.05) is 97.1 Å². The van der Waals surface area contributed by atoms with Gasteiger partial charge in [0.25, 0.3) is 0 Å². The van der Waals surface area contributed by atoms with E-state index in [4.69, 9.17) is 134 Å². The van der Waals surface area contributed by atoms with Gasteiger partial charge in [-0.15, -0.1) is 0 Å². The molecule has 0 fully saturated rings. The summed E-state index contributed by atoms with van der Waals surface area (Å²) in [5.74, 6) is 4.08. The van der Waals surface area contributed by atoms with Crippen molar-refractivity contribution in [3.05, 3.63) is 132 Å². The van der Waals surface area contributed by atoms with E-state index in [9.17, 15) is 0 Å². The number of benzene rings is 8. The Bertz CT molecular complexity index is 4070. The zero-order valence-corrected chi connectivity index (χ0v) is 68.9. The molecule has 30 heteroatoms. The van der Waals surface area contributed by atoms with E-state index in [1.165, 1.54) is 0 Å². The molecule has 0 unspecified atom stereocenters. The molecule has 10 aromatic rings. The van der Waals surface area contributed by atoms with Crippen molar-refractivity contribution in [2.45, 2.75) is 13.1 Å². The van der Waals surface area contributed by atoms with Gasteiger partial charge in [-0.25, -0.2) is 19.9 Å². The van der Waals surface area contributed by atoms with Gasteiger partial charge in [-0.05, 0) is 56.9 Å². The van der Waals surface area contributed by atoms with E-state index < -0.39 is 0 Å². The summed E-state index contributed by atoms with van der Waals surface area (Å²) in [6.45, 7) is 12.1. The summed E-state index contributed by atoms with van der Waals surface area (Å²) in [5.41, 5.74) is 4.11. The van der Waals surface area contributed by atoms with E-state index >= 15 is 0 Å². The lowest BCUT2D eigenvalue weighted by Crippen LogP contribution is -2.33. The first-order chi connectivity index (χ1) is 58.5. The Morgan fingerprint density at radius 3 is 0.568 bits per heavy atom. The number of methoxy groups -OCH3 is 6. The van der Waals surface area contributed by atoms with Crippen LogP contribution in [0.25, 0.3) is 65.2 Å². The zero-order valence-electron chi connectivity index (χ0n) is 68.9. The molecule has 3 heterocycles. The van der Waals surface area contributed by atoms with Crippen LogP contribution in [0.4, 0.5) is 23.3 Å². The first-order valence-electron chi connectivity index (χ1n) is 40.2. The van der Waals surface area contributed by atoms with E-state index in [-0.39, 0.29) is 92.4 Å². The van der Waals surface area contributed by atoms with E-state index in [0.29, 0.717) is 250 Å². The fourth-order valence-electron chi connectivity index (χ4n) is 13.1. The number of hydrogen-bond acceptors (Lipinski definition) is 30. The molecule has 0 amide bonds. The maximum atomic E-state index is 6.81. The highest BCUT2D eigenvalue weighted by atomic mass is 16.6. The van der Waals surface area contributed by atoms with Crippen molar-refractivity contribution in [2.24, 2.45) is 0 Å². The largest absolute Gasteiger partial charge is 0.487 e. The van der Waals surface area contributed by atoms with Crippen molar-refractivity contribution in [1.82, 2.24) is 19.9 Å². The molecule has 0 aliphatic carbocycles. The molecule has 2 aromatic heterocycles. The van der Waals surface area contributed by atoms with Crippen LogP contribution in [-0.2, 0) is 98.4 Å². The van der Waals surface area contributed by atoms with Gasteiger partial charge in [-0.2, -0.15) is 0 Å². The fraction of sp³-hybridized carbons (Fsp3) is 0.500. The van der Waals surface area contributed by atoms with Gasteiger partial charge >= 0.3 is 0 Å². The average Bonchev–Trinajstić information content (AvgIpc) is 0.706. The Balaban J connectivity index is 1.07. The molecule has 30 nitrogen and oxygen atoms in total. The second-order valence-electron chi connectivity index (χ2n) is 26.7. The second kappa shape index (κ2) is 51.6. The van der Waals surface area contributed by atoms with Crippen molar-refractivity contribution in [1.29, 1.82) is 0 Å². The van der Waals surface area contributed by atoms with Gasteiger partial charge in [0.05, 0.1) is 233 Å². The van der Waals surface area contributed by atoms with Gasteiger partial charge in [0.15, 0.2) is 46.3 Å². The lowest BCUT2D eigenvalue weighted by Gasteiger charge is -2.37. The van der Waals surface area contributed by atoms with Crippen molar-refractivity contribution in [3.63, 3.8) is 0 Å². The minimum absolute atomic E-state index is 0.102. The third-order valence-electron chi connectivity index (χ3n) is 18.6. The van der Waals surface area contributed by atoms with Crippen molar-refractivity contribution < 1.29 is 114 Å². The summed E-state index contributed by atoms with van der Waals surface area (Å²) < 4.78 is 142. The Hall–Kier alpha value is -8.84. The maximum Gasteiger partial charge on any atom is 0.203 e. The number of hydrogen-bond donors (Lipinski definition) is 0. The molecule has 0 saturated carbocycles. The highest BCUT2D eigenvalue weighted by Crippen LogP contribution is 2.51. The van der Waals surface area contributed by atoms with Gasteiger partial charge < -0.3 is 123 Å². The minimum atomic E-state index is 0.102. The predicted molar refractivity (Wildman–Crippen MR) is 448 cm³/mol. The summed E-state index contributed by atoms with van der Waals surface area (Å²) in [6.07, 6.45) is 0. The van der Waals surface area contributed by atoms with Crippen LogP contribution < -0.4 is 38.2 Å². The molecule has 0 saturated heterocycles. The van der Waals surface area contributed by atoms with Crippen LogP contribution in [0.15, 0.2) is 121 Å². The standard InChI is InChI=1S/C88H114N6O24/c1-95-23-29-101-35-41-107-47-53-113-75-59-65(60-76(114-54-48-108-42-36-102-30-24-96-2)83(75)117-57-51-111-45-39-105-33-27-99-5)63-93-85-87(91-81-73-21-13-9-17-69(73)67-15-7-11-19-71(67)79(81)89-85)94(88-86(93)90-80-72-20-12-8-16-68(72)70-18-10-14-22-74(70)82(80)92-88)64-66-61-77(115-55-49-109-43-37-103-31-25-97-3)84(118-58-52-112-46-40-106-34-28-100-6)78(62-66)116-56-50-110-44-38-104-32-26-98-4/h7-22,59-62H,23-58,63-64H2,1-6H3. The minimum Gasteiger partial charge on any atom is -0.487 e. The smallest absolute Gasteiger partial charge is 0.203 e. The molecular weight excluding hydrogens is 1520 g/mol. The molecular formula is C88H114N6O24. The average molecular weight is 1640 g/mol. The summed E-state index contributed by atoms with van der Waals surface area (Å²) in [6, 6.07) is 41.0. The number of ether oxygens (including phenoxy) is 24. The number of aromatic nitrogens is 4. The van der Waals surface area contributed by atoms with Gasteiger partial charge in [0.2, 0.25) is 11.5 Å². The van der Waals surface area contributed by atoms with E-state index in [2.05, 4.69) is 58.3 Å². The molecule has 1 aliphatic heterocycles. The molecule has 640 valence electrons. The first kappa shape index (κ1) is 89.9. The third-order valence-corrected chi connectivity index (χ3v) is 18.6. The molecule has 1 aliphatic rings. The molecule has 0 spiro atoms. The van der Waals surface area contributed by atoms with Gasteiger partial charge in [-0.3, -0.25) is 0 Å². The van der Waals surface area contributed by atoms with Crippen LogP contribution in [0.1, 0.15) is 11.1 Å².